The minimum atomic E-state index is -0.811. The molecule has 1 heterocycles. The highest BCUT2D eigenvalue weighted by Crippen LogP contribution is 2.28. The fourth-order valence-electron chi connectivity index (χ4n) is 2.94. The van der Waals surface area contributed by atoms with Crippen LogP contribution in [0.1, 0.15) is 35.3 Å². The lowest BCUT2D eigenvalue weighted by molar-refractivity contribution is -0.126. The molecule has 1 aliphatic heterocycles. The fraction of sp³-hybridized carbons (Fsp3) is 0.300. The minimum Gasteiger partial charge on any atom is -0.449 e. The molecular weight excluding hydrogens is 302 g/mol. The number of hydrogen-bond acceptors (Lipinski definition) is 3. The van der Waals surface area contributed by atoms with Crippen LogP contribution in [0.25, 0.3) is 0 Å². The topological polar surface area (TPSA) is 46.6 Å². The molecular formula is C20H21NO3. The highest BCUT2D eigenvalue weighted by molar-refractivity contribution is 6.00. The smallest absolute Gasteiger partial charge is 0.338 e. The van der Waals surface area contributed by atoms with Gasteiger partial charge in [0.25, 0.3) is 5.91 Å². The van der Waals surface area contributed by atoms with Crippen LogP contribution in [0.2, 0.25) is 0 Å². The molecule has 1 atom stereocenters. The van der Waals surface area contributed by atoms with E-state index in [1.54, 1.807) is 24.0 Å². The molecule has 0 aliphatic carbocycles. The maximum Gasteiger partial charge on any atom is 0.338 e. The number of ether oxygens (including phenoxy) is 1. The standard InChI is InChI=1S/C20H21NO3/c1-3-15-8-10-17(11-9-15)20(23)24-14(2)19(22)21-13-12-16-6-4-5-7-18(16)21/h4-11,14H,3,12-13H2,1-2H3. The molecule has 2 aromatic carbocycles. The highest BCUT2D eigenvalue weighted by atomic mass is 16.5. The van der Waals surface area contributed by atoms with Crippen LogP contribution in [0, 0.1) is 0 Å². The van der Waals surface area contributed by atoms with Crippen molar-refractivity contribution >= 4 is 17.6 Å². The van der Waals surface area contributed by atoms with Crippen LogP contribution in [0.4, 0.5) is 5.69 Å². The van der Waals surface area contributed by atoms with Gasteiger partial charge in [-0.1, -0.05) is 37.3 Å². The Morgan fingerprint density at radius 1 is 1.12 bits per heavy atom. The van der Waals surface area contributed by atoms with Crippen molar-refractivity contribution < 1.29 is 14.3 Å². The molecule has 124 valence electrons. The van der Waals surface area contributed by atoms with Gasteiger partial charge in [-0.25, -0.2) is 4.79 Å². The number of nitrogens with zero attached hydrogens (tertiary/aromatic N) is 1. The van der Waals surface area contributed by atoms with Crippen LogP contribution < -0.4 is 4.90 Å². The van der Waals surface area contributed by atoms with Crippen LogP contribution in [-0.2, 0) is 22.4 Å². The van der Waals surface area contributed by atoms with Crippen molar-refractivity contribution in [2.75, 3.05) is 11.4 Å². The second kappa shape index (κ2) is 6.87. The van der Waals surface area contributed by atoms with E-state index in [0.29, 0.717) is 12.1 Å². The van der Waals surface area contributed by atoms with Gasteiger partial charge in [-0.3, -0.25) is 4.79 Å². The first-order valence-corrected chi connectivity index (χ1v) is 8.29. The maximum atomic E-state index is 12.6. The summed E-state index contributed by atoms with van der Waals surface area (Å²) in [6, 6.07) is 15.1. The molecule has 1 aliphatic rings. The third-order valence-corrected chi connectivity index (χ3v) is 4.38. The predicted molar refractivity (Wildman–Crippen MR) is 93.2 cm³/mol. The predicted octanol–water partition coefficient (Wildman–Crippen LogP) is 3.38. The fourth-order valence-corrected chi connectivity index (χ4v) is 2.94. The summed E-state index contributed by atoms with van der Waals surface area (Å²) in [5.74, 6) is -0.649. The van der Waals surface area contributed by atoms with E-state index in [-0.39, 0.29) is 5.91 Å². The first kappa shape index (κ1) is 16.2. The van der Waals surface area contributed by atoms with Crippen LogP contribution in [0.3, 0.4) is 0 Å². The Kier molecular flexibility index (Phi) is 4.65. The summed E-state index contributed by atoms with van der Waals surface area (Å²) in [5, 5.41) is 0. The molecule has 3 rings (SSSR count). The van der Waals surface area contributed by atoms with Gasteiger partial charge in [-0.05, 0) is 49.1 Å². The van der Waals surface area contributed by atoms with E-state index >= 15 is 0 Å². The molecule has 0 bridgehead atoms. The van der Waals surface area contributed by atoms with Gasteiger partial charge in [0, 0.05) is 12.2 Å². The number of amides is 1. The zero-order chi connectivity index (χ0) is 17.1. The Labute approximate surface area is 142 Å². The molecule has 0 radical (unpaired) electrons. The number of hydrogen-bond donors (Lipinski definition) is 0. The molecule has 1 amide bonds. The zero-order valence-electron chi connectivity index (χ0n) is 14.0. The second-order valence-electron chi connectivity index (χ2n) is 5.97. The molecule has 2 aromatic rings. The van der Waals surface area contributed by atoms with E-state index < -0.39 is 12.1 Å². The Bertz CT molecular complexity index is 752. The van der Waals surface area contributed by atoms with Crippen LogP contribution in [-0.4, -0.2) is 24.5 Å². The Morgan fingerprint density at radius 3 is 2.54 bits per heavy atom. The van der Waals surface area contributed by atoms with E-state index in [1.807, 2.05) is 36.4 Å². The third kappa shape index (κ3) is 3.18. The molecule has 0 N–H and O–H groups in total. The maximum absolute atomic E-state index is 12.6. The van der Waals surface area contributed by atoms with Gasteiger partial charge in [-0.2, -0.15) is 0 Å². The van der Waals surface area contributed by atoms with Gasteiger partial charge in [0.1, 0.15) is 0 Å². The van der Waals surface area contributed by atoms with Crippen LogP contribution in [0.15, 0.2) is 48.5 Å². The Morgan fingerprint density at radius 2 is 1.83 bits per heavy atom. The van der Waals surface area contributed by atoms with Gasteiger partial charge in [0.05, 0.1) is 5.56 Å². The van der Waals surface area contributed by atoms with E-state index in [2.05, 4.69) is 6.92 Å². The normalized spacial score (nSPS) is 14.2. The SMILES string of the molecule is CCc1ccc(C(=O)OC(C)C(=O)N2CCc3ccccc32)cc1. The minimum absolute atomic E-state index is 0.182. The summed E-state index contributed by atoms with van der Waals surface area (Å²) >= 11 is 0. The van der Waals surface area contributed by atoms with Crippen molar-refractivity contribution in [1.29, 1.82) is 0 Å². The third-order valence-electron chi connectivity index (χ3n) is 4.38. The van der Waals surface area contributed by atoms with Gasteiger partial charge >= 0.3 is 5.97 Å². The number of carbonyl (C=O) groups excluding carboxylic acids is 2. The average molecular weight is 323 g/mol. The summed E-state index contributed by atoms with van der Waals surface area (Å²) in [5.41, 5.74) is 3.69. The van der Waals surface area contributed by atoms with E-state index in [1.165, 1.54) is 0 Å². The molecule has 0 spiro atoms. The average Bonchev–Trinajstić information content (AvgIpc) is 3.05. The summed E-state index contributed by atoms with van der Waals surface area (Å²) in [4.78, 5) is 26.6. The molecule has 0 aromatic heterocycles. The molecule has 24 heavy (non-hydrogen) atoms. The second-order valence-corrected chi connectivity index (χ2v) is 5.97. The Balaban J connectivity index is 1.67. The van der Waals surface area contributed by atoms with E-state index in [0.717, 1.165) is 29.7 Å². The number of aryl methyl sites for hydroxylation is 1. The first-order chi connectivity index (χ1) is 11.6. The lowest BCUT2D eigenvalue weighted by atomic mass is 10.1. The molecule has 4 heteroatoms. The number of anilines is 1. The number of benzene rings is 2. The number of esters is 1. The van der Waals surface area contributed by atoms with Crippen molar-refractivity contribution in [1.82, 2.24) is 0 Å². The molecule has 1 unspecified atom stereocenters. The van der Waals surface area contributed by atoms with Crippen molar-refractivity contribution in [3.8, 4) is 0 Å². The molecule has 0 saturated carbocycles. The quantitative estimate of drug-likeness (QED) is 0.810. The summed E-state index contributed by atoms with van der Waals surface area (Å²) in [6.45, 7) is 4.31. The van der Waals surface area contributed by atoms with E-state index in [9.17, 15) is 9.59 Å². The Hall–Kier alpha value is -2.62. The largest absolute Gasteiger partial charge is 0.449 e. The van der Waals surface area contributed by atoms with Crippen molar-refractivity contribution in [3.05, 3.63) is 65.2 Å². The van der Waals surface area contributed by atoms with Crippen molar-refractivity contribution in [3.63, 3.8) is 0 Å². The van der Waals surface area contributed by atoms with Crippen molar-refractivity contribution in [2.45, 2.75) is 32.8 Å². The summed E-state index contributed by atoms with van der Waals surface area (Å²) < 4.78 is 5.37. The van der Waals surface area contributed by atoms with Gasteiger partial charge in [0.2, 0.25) is 0 Å². The first-order valence-electron chi connectivity index (χ1n) is 8.29. The van der Waals surface area contributed by atoms with Crippen LogP contribution in [0.5, 0.6) is 0 Å². The molecule has 0 fully saturated rings. The monoisotopic (exact) mass is 323 g/mol. The number of rotatable bonds is 4. The summed E-state index contributed by atoms with van der Waals surface area (Å²) in [6.07, 6.45) is 0.939. The van der Waals surface area contributed by atoms with Gasteiger partial charge in [0.15, 0.2) is 6.10 Å². The summed E-state index contributed by atoms with van der Waals surface area (Å²) in [7, 11) is 0. The lowest BCUT2D eigenvalue weighted by Gasteiger charge is -2.21. The highest BCUT2D eigenvalue weighted by Gasteiger charge is 2.29. The zero-order valence-corrected chi connectivity index (χ0v) is 14.0. The lowest BCUT2D eigenvalue weighted by Crippen LogP contribution is -2.39. The number of fused-ring (bicyclic) bond motifs is 1. The van der Waals surface area contributed by atoms with E-state index in [4.69, 9.17) is 4.74 Å². The molecule has 0 saturated heterocycles. The number of para-hydroxylation sites is 1. The van der Waals surface area contributed by atoms with Gasteiger partial charge < -0.3 is 9.64 Å². The van der Waals surface area contributed by atoms with Crippen molar-refractivity contribution in [2.24, 2.45) is 0 Å². The molecule has 4 nitrogen and oxygen atoms in total. The number of carbonyl (C=O) groups is 2. The van der Waals surface area contributed by atoms with Gasteiger partial charge in [-0.15, -0.1) is 0 Å². The van der Waals surface area contributed by atoms with Crippen LogP contribution >= 0.6 is 0 Å².